The van der Waals surface area contributed by atoms with Gasteiger partial charge in [0.05, 0.1) is 5.56 Å². The SMILES string of the molecule is O=C(Nc1ccccc1)c1[nH]c2cc(F)cc3c2c1CCNC3=O. The lowest BCUT2D eigenvalue weighted by atomic mass is 10.0. The molecule has 0 radical (unpaired) electrons. The number of rotatable bonds is 2. The number of amides is 2. The van der Waals surface area contributed by atoms with Crippen LogP contribution < -0.4 is 10.6 Å². The molecule has 120 valence electrons. The van der Waals surface area contributed by atoms with Crippen molar-refractivity contribution in [2.24, 2.45) is 0 Å². The number of hydrogen-bond donors (Lipinski definition) is 3. The van der Waals surface area contributed by atoms with E-state index in [0.29, 0.717) is 35.2 Å². The van der Waals surface area contributed by atoms with E-state index in [1.807, 2.05) is 18.2 Å². The van der Waals surface area contributed by atoms with E-state index < -0.39 is 5.82 Å². The third-order valence-corrected chi connectivity index (χ3v) is 4.13. The molecular weight excluding hydrogens is 309 g/mol. The molecule has 1 aromatic heterocycles. The second-order valence-electron chi connectivity index (χ2n) is 5.68. The monoisotopic (exact) mass is 323 g/mol. The van der Waals surface area contributed by atoms with Gasteiger partial charge in [-0.2, -0.15) is 0 Å². The third kappa shape index (κ3) is 2.32. The number of carbonyl (C=O) groups excluding carboxylic acids is 2. The second-order valence-corrected chi connectivity index (χ2v) is 5.68. The van der Waals surface area contributed by atoms with E-state index in [4.69, 9.17) is 0 Å². The van der Waals surface area contributed by atoms with Crippen molar-refractivity contribution >= 4 is 28.4 Å². The van der Waals surface area contributed by atoms with Crippen molar-refractivity contribution in [2.75, 3.05) is 11.9 Å². The van der Waals surface area contributed by atoms with E-state index in [1.165, 1.54) is 12.1 Å². The lowest BCUT2D eigenvalue weighted by Gasteiger charge is -2.06. The van der Waals surface area contributed by atoms with E-state index in [9.17, 15) is 14.0 Å². The fraction of sp³-hybridized carbons (Fsp3) is 0.111. The van der Waals surface area contributed by atoms with Crippen LogP contribution in [0.15, 0.2) is 42.5 Å². The van der Waals surface area contributed by atoms with Gasteiger partial charge in [0.1, 0.15) is 11.5 Å². The molecular formula is C18H14FN3O2. The van der Waals surface area contributed by atoms with Crippen molar-refractivity contribution < 1.29 is 14.0 Å². The van der Waals surface area contributed by atoms with Crippen molar-refractivity contribution in [3.8, 4) is 0 Å². The number of hydrogen-bond acceptors (Lipinski definition) is 2. The smallest absolute Gasteiger partial charge is 0.272 e. The van der Waals surface area contributed by atoms with Crippen LogP contribution in [0.2, 0.25) is 0 Å². The first-order valence-corrected chi connectivity index (χ1v) is 7.62. The number of anilines is 1. The van der Waals surface area contributed by atoms with Gasteiger partial charge in [-0.1, -0.05) is 18.2 Å². The zero-order chi connectivity index (χ0) is 16.7. The van der Waals surface area contributed by atoms with Crippen LogP contribution in [0.1, 0.15) is 26.4 Å². The highest BCUT2D eigenvalue weighted by atomic mass is 19.1. The molecule has 1 aliphatic heterocycles. The number of aromatic nitrogens is 1. The van der Waals surface area contributed by atoms with Crippen LogP contribution in [-0.4, -0.2) is 23.3 Å². The van der Waals surface area contributed by atoms with Gasteiger partial charge in [-0.25, -0.2) is 4.39 Å². The Bertz CT molecular complexity index is 963. The van der Waals surface area contributed by atoms with Gasteiger partial charge < -0.3 is 15.6 Å². The molecule has 0 fully saturated rings. The van der Waals surface area contributed by atoms with E-state index in [-0.39, 0.29) is 17.4 Å². The van der Waals surface area contributed by atoms with Crippen LogP contribution in [0.4, 0.5) is 10.1 Å². The van der Waals surface area contributed by atoms with Gasteiger partial charge in [0.2, 0.25) is 0 Å². The van der Waals surface area contributed by atoms with Gasteiger partial charge >= 0.3 is 0 Å². The first kappa shape index (κ1) is 14.4. The van der Waals surface area contributed by atoms with Gasteiger partial charge in [0.15, 0.2) is 0 Å². The van der Waals surface area contributed by atoms with Crippen LogP contribution in [0.5, 0.6) is 0 Å². The first-order chi connectivity index (χ1) is 11.6. The highest BCUT2D eigenvalue weighted by Gasteiger charge is 2.25. The Morgan fingerprint density at radius 1 is 1.17 bits per heavy atom. The largest absolute Gasteiger partial charge is 0.352 e. The van der Waals surface area contributed by atoms with Crippen LogP contribution in [0.25, 0.3) is 10.9 Å². The summed E-state index contributed by atoms with van der Waals surface area (Å²) in [4.78, 5) is 27.7. The van der Waals surface area contributed by atoms with Crippen LogP contribution in [0.3, 0.4) is 0 Å². The van der Waals surface area contributed by atoms with Crippen LogP contribution in [-0.2, 0) is 6.42 Å². The molecule has 2 amide bonds. The number of carbonyl (C=O) groups is 2. The number of para-hydroxylation sites is 1. The summed E-state index contributed by atoms with van der Waals surface area (Å²) in [6.07, 6.45) is 0.502. The number of aromatic amines is 1. The maximum atomic E-state index is 13.8. The minimum absolute atomic E-state index is 0.257. The minimum atomic E-state index is -0.516. The quantitative estimate of drug-likeness (QED) is 0.678. The molecule has 0 saturated heterocycles. The van der Waals surface area contributed by atoms with Gasteiger partial charge in [0.25, 0.3) is 11.8 Å². The molecule has 4 rings (SSSR count). The maximum absolute atomic E-state index is 13.8. The molecule has 0 unspecified atom stereocenters. The number of benzene rings is 2. The lowest BCUT2D eigenvalue weighted by Crippen LogP contribution is -2.24. The average molecular weight is 323 g/mol. The molecule has 1 aliphatic rings. The van der Waals surface area contributed by atoms with Crippen LogP contribution >= 0.6 is 0 Å². The minimum Gasteiger partial charge on any atom is -0.352 e. The molecule has 0 bridgehead atoms. The molecule has 3 aromatic rings. The topological polar surface area (TPSA) is 74.0 Å². The summed E-state index contributed by atoms with van der Waals surface area (Å²) in [6.45, 7) is 0.397. The predicted octanol–water partition coefficient (Wildman–Crippen LogP) is 2.85. The standard InChI is InChI=1S/C18H14FN3O2/c19-10-8-13-15-12(6-7-20-17(13)23)16(22-14(15)9-10)18(24)21-11-4-2-1-3-5-11/h1-5,8-9,22H,6-7H2,(H,20,23)(H,21,24). The van der Waals surface area contributed by atoms with Crippen molar-refractivity contribution in [2.45, 2.75) is 6.42 Å². The molecule has 5 nitrogen and oxygen atoms in total. The predicted molar refractivity (Wildman–Crippen MR) is 88.7 cm³/mol. The molecule has 6 heteroatoms. The van der Waals surface area contributed by atoms with Crippen LogP contribution in [0, 0.1) is 5.82 Å². The summed E-state index contributed by atoms with van der Waals surface area (Å²) in [5.74, 6) is -1.15. The summed E-state index contributed by atoms with van der Waals surface area (Å²) in [6, 6.07) is 11.6. The Kier molecular flexibility index (Phi) is 3.30. The number of halogens is 1. The highest BCUT2D eigenvalue weighted by Crippen LogP contribution is 2.29. The Balaban J connectivity index is 1.84. The number of nitrogens with one attached hydrogen (secondary N) is 3. The molecule has 0 aliphatic carbocycles. The highest BCUT2D eigenvalue weighted by molar-refractivity contribution is 6.13. The van der Waals surface area contributed by atoms with E-state index in [0.717, 1.165) is 5.56 Å². The summed E-state index contributed by atoms with van der Waals surface area (Å²) in [5.41, 5.74) is 2.47. The average Bonchev–Trinajstić information content (AvgIpc) is 2.84. The van der Waals surface area contributed by atoms with Gasteiger partial charge in [-0.05, 0) is 36.2 Å². The molecule has 0 saturated carbocycles. The fourth-order valence-corrected chi connectivity index (χ4v) is 3.10. The van der Waals surface area contributed by atoms with E-state index in [1.54, 1.807) is 12.1 Å². The summed E-state index contributed by atoms with van der Waals surface area (Å²) < 4.78 is 13.8. The fourth-order valence-electron chi connectivity index (χ4n) is 3.10. The maximum Gasteiger partial charge on any atom is 0.272 e. The van der Waals surface area contributed by atoms with Crippen molar-refractivity contribution in [1.29, 1.82) is 0 Å². The van der Waals surface area contributed by atoms with E-state index >= 15 is 0 Å². The van der Waals surface area contributed by atoms with Gasteiger partial charge in [-0.15, -0.1) is 0 Å². The Morgan fingerprint density at radius 2 is 1.96 bits per heavy atom. The van der Waals surface area contributed by atoms with Gasteiger partial charge in [-0.3, -0.25) is 9.59 Å². The molecule has 3 N–H and O–H groups in total. The third-order valence-electron chi connectivity index (χ3n) is 4.13. The van der Waals surface area contributed by atoms with Crippen molar-refractivity contribution in [3.63, 3.8) is 0 Å². The Morgan fingerprint density at radius 3 is 2.75 bits per heavy atom. The summed E-state index contributed by atoms with van der Waals surface area (Å²) >= 11 is 0. The van der Waals surface area contributed by atoms with Crippen molar-refractivity contribution in [1.82, 2.24) is 10.3 Å². The molecule has 2 aromatic carbocycles. The van der Waals surface area contributed by atoms with Crippen molar-refractivity contribution in [3.05, 3.63) is 65.1 Å². The molecule has 24 heavy (non-hydrogen) atoms. The molecule has 0 atom stereocenters. The molecule has 2 heterocycles. The molecule has 0 spiro atoms. The summed E-state index contributed by atoms with van der Waals surface area (Å²) in [5, 5.41) is 6.16. The Labute approximate surface area is 136 Å². The second kappa shape index (κ2) is 5.49. The zero-order valence-electron chi connectivity index (χ0n) is 12.7. The normalized spacial score (nSPS) is 13.5. The van der Waals surface area contributed by atoms with Gasteiger partial charge in [0, 0.05) is 23.1 Å². The Hall–Kier alpha value is -3.15. The van der Waals surface area contributed by atoms with E-state index in [2.05, 4.69) is 15.6 Å². The summed E-state index contributed by atoms with van der Waals surface area (Å²) in [7, 11) is 0. The zero-order valence-corrected chi connectivity index (χ0v) is 12.7. The first-order valence-electron chi connectivity index (χ1n) is 7.62. The lowest BCUT2D eigenvalue weighted by molar-refractivity contribution is 0.0956. The number of H-pyrrole nitrogens is 1.